The summed E-state index contributed by atoms with van der Waals surface area (Å²) in [5.41, 5.74) is 1.31. The van der Waals surface area contributed by atoms with Gasteiger partial charge in [0.15, 0.2) is 6.61 Å². The molecular weight excluding hydrogens is 562 g/mol. The minimum atomic E-state index is -4.57. The Bertz CT molecular complexity index is 1310. The number of nitrogens with zero attached hydrogens (tertiary/aromatic N) is 2. The van der Waals surface area contributed by atoms with Gasteiger partial charge in [-0.05, 0) is 60.6 Å². The van der Waals surface area contributed by atoms with E-state index in [1.807, 2.05) is 0 Å². The Hall–Kier alpha value is -2.49. The average molecular weight is 587 g/mol. The van der Waals surface area contributed by atoms with Crippen LogP contribution in [0.3, 0.4) is 0 Å². The van der Waals surface area contributed by atoms with Gasteiger partial charge in [0.1, 0.15) is 5.75 Å². The predicted octanol–water partition coefficient (Wildman–Crippen LogP) is 7.10. The first-order valence-corrected chi connectivity index (χ1v) is 12.9. The summed E-state index contributed by atoms with van der Waals surface area (Å²) in [4.78, 5) is 17.0. The first-order chi connectivity index (χ1) is 18.0. The highest BCUT2D eigenvalue weighted by atomic mass is 35.5. The third-order valence-electron chi connectivity index (χ3n) is 6.22. The van der Waals surface area contributed by atoms with Gasteiger partial charge < -0.3 is 15.0 Å². The molecule has 1 saturated heterocycles. The van der Waals surface area contributed by atoms with E-state index in [2.05, 4.69) is 22.2 Å². The molecule has 0 radical (unpaired) electrons. The van der Waals surface area contributed by atoms with E-state index in [4.69, 9.17) is 39.5 Å². The zero-order chi connectivity index (χ0) is 27.4. The highest BCUT2D eigenvalue weighted by molar-refractivity contribution is 6.42. The van der Waals surface area contributed by atoms with E-state index < -0.39 is 17.6 Å². The molecule has 0 saturated carbocycles. The molecule has 0 unspecified atom stereocenters. The molecule has 3 aromatic rings. The maximum atomic E-state index is 13.4. The summed E-state index contributed by atoms with van der Waals surface area (Å²) in [6.07, 6.45) is -4.57. The minimum Gasteiger partial charge on any atom is -0.483 e. The number of anilines is 1. The number of rotatable bonds is 7. The van der Waals surface area contributed by atoms with Crippen molar-refractivity contribution in [3.05, 3.63) is 80.8 Å². The lowest BCUT2D eigenvalue weighted by atomic mass is 10.00. The van der Waals surface area contributed by atoms with Crippen LogP contribution in [0, 0.1) is 0 Å². The van der Waals surface area contributed by atoms with Crippen molar-refractivity contribution < 1.29 is 22.7 Å². The monoisotopic (exact) mass is 585 g/mol. The van der Waals surface area contributed by atoms with E-state index >= 15 is 0 Å². The zero-order valence-corrected chi connectivity index (χ0v) is 22.7. The number of ether oxygens (including phenoxy) is 1. The summed E-state index contributed by atoms with van der Waals surface area (Å²) in [7, 11) is 2.05. The Morgan fingerprint density at radius 2 is 1.55 bits per heavy atom. The minimum absolute atomic E-state index is 0.269. The van der Waals surface area contributed by atoms with E-state index in [0.717, 1.165) is 37.8 Å². The van der Waals surface area contributed by atoms with Gasteiger partial charge in [-0.2, -0.15) is 13.2 Å². The van der Waals surface area contributed by atoms with Gasteiger partial charge in [-0.1, -0.05) is 46.9 Å². The Morgan fingerprint density at radius 3 is 2.24 bits per heavy atom. The van der Waals surface area contributed by atoms with Crippen LogP contribution in [0.25, 0.3) is 11.1 Å². The molecule has 202 valence electrons. The normalized spacial score (nSPS) is 14.9. The SMILES string of the molecule is CN1CCN(Cc2cc(-c3ccc(Cl)c(C(F)(F)F)c3)ccc2OCC(=O)Nc2ccc(Cl)c(Cl)c2)CC1. The van der Waals surface area contributed by atoms with Crippen molar-refractivity contribution >= 4 is 46.4 Å². The molecule has 1 aliphatic heterocycles. The van der Waals surface area contributed by atoms with Gasteiger partial charge >= 0.3 is 6.18 Å². The molecule has 0 aromatic heterocycles. The van der Waals surface area contributed by atoms with E-state index in [-0.39, 0.29) is 11.6 Å². The van der Waals surface area contributed by atoms with Crippen molar-refractivity contribution in [1.29, 1.82) is 0 Å². The molecule has 1 heterocycles. The smallest absolute Gasteiger partial charge is 0.417 e. The van der Waals surface area contributed by atoms with Gasteiger partial charge in [0.25, 0.3) is 5.91 Å². The Kier molecular flexibility index (Phi) is 9.11. The zero-order valence-electron chi connectivity index (χ0n) is 20.4. The summed E-state index contributed by atoms with van der Waals surface area (Å²) in [5, 5.41) is 3.04. The fourth-order valence-corrected chi connectivity index (χ4v) is 4.63. The number of hydrogen-bond acceptors (Lipinski definition) is 4. The van der Waals surface area contributed by atoms with Crippen LogP contribution in [0.1, 0.15) is 11.1 Å². The maximum absolute atomic E-state index is 13.4. The van der Waals surface area contributed by atoms with Crippen molar-refractivity contribution in [2.45, 2.75) is 12.7 Å². The molecule has 4 rings (SSSR count). The lowest BCUT2D eigenvalue weighted by Gasteiger charge is -2.32. The number of carbonyl (C=O) groups is 1. The number of benzene rings is 3. The molecular formula is C27H25Cl3F3N3O2. The summed E-state index contributed by atoms with van der Waals surface area (Å²) >= 11 is 17.7. The molecule has 38 heavy (non-hydrogen) atoms. The molecule has 0 spiro atoms. The van der Waals surface area contributed by atoms with Crippen molar-refractivity contribution in [2.75, 3.05) is 45.2 Å². The van der Waals surface area contributed by atoms with E-state index in [1.54, 1.807) is 36.4 Å². The van der Waals surface area contributed by atoms with Crippen LogP contribution in [0.5, 0.6) is 5.75 Å². The van der Waals surface area contributed by atoms with Crippen LogP contribution in [-0.2, 0) is 17.5 Å². The third kappa shape index (κ3) is 7.33. The average Bonchev–Trinajstić information content (AvgIpc) is 2.86. The molecule has 1 amide bonds. The molecule has 3 aromatic carbocycles. The van der Waals surface area contributed by atoms with Crippen molar-refractivity contribution in [1.82, 2.24) is 9.80 Å². The Labute approximate surface area is 234 Å². The summed E-state index contributed by atoms with van der Waals surface area (Å²) < 4.78 is 46.2. The van der Waals surface area contributed by atoms with Crippen molar-refractivity contribution in [3.8, 4) is 16.9 Å². The van der Waals surface area contributed by atoms with E-state index in [0.29, 0.717) is 39.2 Å². The third-order valence-corrected chi connectivity index (χ3v) is 7.29. The Balaban J connectivity index is 1.56. The maximum Gasteiger partial charge on any atom is 0.417 e. The van der Waals surface area contributed by atoms with E-state index in [1.165, 1.54) is 12.1 Å². The molecule has 1 fully saturated rings. The van der Waals surface area contributed by atoms with Crippen LogP contribution >= 0.6 is 34.8 Å². The van der Waals surface area contributed by atoms with Crippen molar-refractivity contribution in [3.63, 3.8) is 0 Å². The number of alkyl halides is 3. The van der Waals surface area contributed by atoms with Crippen LogP contribution in [0.2, 0.25) is 15.1 Å². The molecule has 5 nitrogen and oxygen atoms in total. The van der Waals surface area contributed by atoms with Gasteiger partial charge in [0, 0.05) is 44.0 Å². The fourth-order valence-electron chi connectivity index (χ4n) is 4.11. The Morgan fingerprint density at radius 1 is 0.895 bits per heavy atom. The number of amides is 1. The molecule has 1 aliphatic rings. The summed E-state index contributed by atoms with van der Waals surface area (Å²) in [5.74, 6) is 0.0764. The predicted molar refractivity (Wildman–Crippen MR) is 145 cm³/mol. The fraction of sp³-hybridized carbons (Fsp3) is 0.296. The molecule has 11 heteroatoms. The van der Waals surface area contributed by atoms with Gasteiger partial charge in [-0.15, -0.1) is 0 Å². The largest absolute Gasteiger partial charge is 0.483 e. The second-order valence-electron chi connectivity index (χ2n) is 9.06. The number of carbonyl (C=O) groups excluding carboxylic acids is 1. The van der Waals surface area contributed by atoms with Crippen LogP contribution in [0.4, 0.5) is 18.9 Å². The highest BCUT2D eigenvalue weighted by Crippen LogP contribution is 2.38. The van der Waals surface area contributed by atoms with Gasteiger partial charge in [0.2, 0.25) is 0 Å². The van der Waals surface area contributed by atoms with Gasteiger partial charge in [-0.25, -0.2) is 0 Å². The number of nitrogens with one attached hydrogen (secondary N) is 1. The van der Waals surface area contributed by atoms with Crippen LogP contribution < -0.4 is 10.1 Å². The second kappa shape index (κ2) is 12.1. The molecule has 0 aliphatic carbocycles. The summed E-state index contributed by atoms with van der Waals surface area (Å²) in [6.45, 7) is 3.70. The summed E-state index contributed by atoms with van der Waals surface area (Å²) in [6, 6.07) is 13.7. The molecule has 1 N–H and O–H groups in total. The number of hydrogen-bond donors (Lipinski definition) is 1. The van der Waals surface area contributed by atoms with E-state index in [9.17, 15) is 18.0 Å². The van der Waals surface area contributed by atoms with Gasteiger partial charge in [0.05, 0.1) is 20.6 Å². The first-order valence-electron chi connectivity index (χ1n) is 11.8. The van der Waals surface area contributed by atoms with Gasteiger partial charge in [-0.3, -0.25) is 9.69 Å². The van der Waals surface area contributed by atoms with Crippen LogP contribution in [0.15, 0.2) is 54.6 Å². The van der Waals surface area contributed by atoms with Crippen LogP contribution in [-0.4, -0.2) is 55.5 Å². The quantitative estimate of drug-likeness (QED) is 0.321. The lowest BCUT2D eigenvalue weighted by molar-refractivity contribution is -0.137. The number of likely N-dealkylation sites (N-methyl/N-ethyl adjacent to an activating group) is 1. The number of piperazine rings is 1. The molecule has 0 atom stereocenters. The standard InChI is InChI=1S/C27H25Cl3F3N3O2/c1-35-8-10-36(11-9-35)15-19-12-17(18-2-5-22(28)21(13-18)27(31,32)33)3-7-25(19)38-16-26(37)34-20-4-6-23(29)24(30)14-20/h2-7,12-14H,8-11,15-16H2,1H3,(H,34,37). The molecule has 0 bridgehead atoms. The second-order valence-corrected chi connectivity index (χ2v) is 10.3. The topological polar surface area (TPSA) is 44.8 Å². The highest BCUT2D eigenvalue weighted by Gasteiger charge is 2.33. The first kappa shape index (κ1) is 28.5. The lowest BCUT2D eigenvalue weighted by Crippen LogP contribution is -2.43. The number of halogens is 6. The van der Waals surface area contributed by atoms with Crippen molar-refractivity contribution in [2.24, 2.45) is 0 Å².